The maximum absolute atomic E-state index is 12.1. The van der Waals surface area contributed by atoms with Crippen molar-refractivity contribution < 1.29 is 4.92 Å². The van der Waals surface area contributed by atoms with Crippen LogP contribution in [0.3, 0.4) is 0 Å². The van der Waals surface area contributed by atoms with Gasteiger partial charge in [0.05, 0.1) is 11.0 Å². The average Bonchev–Trinajstić information content (AvgIpc) is 2.90. The van der Waals surface area contributed by atoms with Gasteiger partial charge in [0, 0.05) is 39.3 Å². The van der Waals surface area contributed by atoms with E-state index in [0.29, 0.717) is 24.7 Å². The number of aromatic nitrogens is 2. The largest absolute Gasteiger partial charge is 0.353 e. The Balaban J connectivity index is 1.39. The van der Waals surface area contributed by atoms with Crippen LogP contribution in [0.25, 0.3) is 0 Å². The standard InChI is InChI=1S/C26H30N6O2/c33-32(34)24-25(30-14-8-3-9-15-30)27-20-28-26(24)31-18-16-29(17-19-31)23(21-10-4-1-5-11-21)22-12-6-2-7-13-22/h1-2,4-7,10-13,20,23H,3,8-9,14-19H2. The number of nitro groups is 1. The van der Waals surface area contributed by atoms with Crippen molar-refractivity contribution in [2.75, 3.05) is 49.1 Å². The molecule has 2 aliphatic heterocycles. The summed E-state index contributed by atoms with van der Waals surface area (Å²) in [5.41, 5.74) is 2.55. The van der Waals surface area contributed by atoms with Gasteiger partial charge in [-0.15, -0.1) is 0 Å². The molecule has 8 nitrogen and oxygen atoms in total. The molecule has 0 N–H and O–H groups in total. The summed E-state index contributed by atoms with van der Waals surface area (Å²) in [6, 6.07) is 21.2. The van der Waals surface area contributed by atoms with E-state index in [9.17, 15) is 10.1 Å². The highest BCUT2D eigenvalue weighted by Gasteiger charge is 2.33. The summed E-state index contributed by atoms with van der Waals surface area (Å²) in [6.07, 6.45) is 4.72. The lowest BCUT2D eigenvalue weighted by atomic mass is 9.96. The molecule has 0 amide bonds. The molecule has 0 unspecified atom stereocenters. The average molecular weight is 459 g/mol. The molecular weight excluding hydrogens is 428 g/mol. The van der Waals surface area contributed by atoms with Gasteiger partial charge in [-0.2, -0.15) is 0 Å². The summed E-state index contributed by atoms with van der Waals surface area (Å²) in [5.74, 6) is 0.903. The van der Waals surface area contributed by atoms with Crippen LogP contribution in [0.4, 0.5) is 17.3 Å². The number of nitrogens with zero attached hydrogens (tertiary/aromatic N) is 6. The summed E-state index contributed by atoms with van der Waals surface area (Å²) in [4.78, 5) is 27.1. The summed E-state index contributed by atoms with van der Waals surface area (Å²) in [5, 5.41) is 12.1. The molecule has 0 saturated carbocycles. The van der Waals surface area contributed by atoms with Crippen molar-refractivity contribution in [2.45, 2.75) is 25.3 Å². The smallest absolute Gasteiger partial charge is 0.351 e. The maximum Gasteiger partial charge on any atom is 0.353 e. The second kappa shape index (κ2) is 10.2. The highest BCUT2D eigenvalue weighted by molar-refractivity contribution is 5.71. The monoisotopic (exact) mass is 458 g/mol. The van der Waals surface area contributed by atoms with Crippen molar-refractivity contribution in [2.24, 2.45) is 0 Å². The maximum atomic E-state index is 12.1. The van der Waals surface area contributed by atoms with Crippen molar-refractivity contribution >= 4 is 17.3 Å². The summed E-state index contributed by atoms with van der Waals surface area (Å²) in [7, 11) is 0. The first-order chi connectivity index (χ1) is 16.7. The first-order valence-corrected chi connectivity index (χ1v) is 12.1. The lowest BCUT2D eigenvalue weighted by molar-refractivity contribution is -0.383. The SMILES string of the molecule is O=[N+]([O-])c1c(N2CCCCC2)ncnc1N1CCN(C(c2ccccc2)c2ccccc2)CC1. The van der Waals surface area contributed by atoms with Gasteiger partial charge in [-0.1, -0.05) is 60.7 Å². The Hall–Kier alpha value is -3.52. The summed E-state index contributed by atoms with van der Waals surface area (Å²) < 4.78 is 0. The van der Waals surface area contributed by atoms with Crippen molar-refractivity contribution in [3.63, 3.8) is 0 Å². The molecule has 5 rings (SSSR count). The molecule has 0 radical (unpaired) electrons. The van der Waals surface area contributed by atoms with E-state index in [0.717, 1.165) is 45.4 Å². The van der Waals surface area contributed by atoms with Crippen LogP contribution in [0.15, 0.2) is 67.0 Å². The molecule has 1 aromatic heterocycles. The Kier molecular flexibility index (Phi) is 6.67. The van der Waals surface area contributed by atoms with E-state index in [4.69, 9.17) is 0 Å². The Morgan fingerprint density at radius 3 is 1.71 bits per heavy atom. The van der Waals surface area contributed by atoms with Gasteiger partial charge in [0.15, 0.2) is 0 Å². The van der Waals surface area contributed by atoms with Crippen LogP contribution in [0.1, 0.15) is 36.4 Å². The second-order valence-corrected chi connectivity index (χ2v) is 8.92. The molecule has 0 atom stereocenters. The molecule has 2 aliphatic rings. The number of rotatable bonds is 6. The second-order valence-electron chi connectivity index (χ2n) is 8.92. The predicted molar refractivity (Wildman–Crippen MR) is 133 cm³/mol. The third-order valence-electron chi connectivity index (χ3n) is 6.83. The molecule has 3 aromatic rings. The topological polar surface area (TPSA) is 78.6 Å². The van der Waals surface area contributed by atoms with Gasteiger partial charge in [0.2, 0.25) is 11.6 Å². The molecule has 34 heavy (non-hydrogen) atoms. The van der Waals surface area contributed by atoms with E-state index in [1.54, 1.807) is 0 Å². The van der Waals surface area contributed by atoms with E-state index in [1.165, 1.54) is 17.5 Å². The quantitative estimate of drug-likeness (QED) is 0.403. The van der Waals surface area contributed by atoms with Crippen molar-refractivity contribution in [3.8, 4) is 0 Å². The first-order valence-electron chi connectivity index (χ1n) is 12.1. The fourth-order valence-electron chi connectivity index (χ4n) is 5.17. The van der Waals surface area contributed by atoms with Gasteiger partial charge in [-0.05, 0) is 30.4 Å². The van der Waals surface area contributed by atoms with Crippen LogP contribution >= 0.6 is 0 Å². The third kappa shape index (κ3) is 4.59. The highest BCUT2D eigenvalue weighted by atomic mass is 16.6. The van der Waals surface area contributed by atoms with Gasteiger partial charge < -0.3 is 9.80 Å². The van der Waals surface area contributed by atoms with Gasteiger partial charge >= 0.3 is 5.69 Å². The Bertz CT molecular complexity index is 1060. The molecule has 2 aromatic carbocycles. The van der Waals surface area contributed by atoms with Gasteiger partial charge in [-0.3, -0.25) is 15.0 Å². The normalized spacial score (nSPS) is 17.2. The molecule has 0 bridgehead atoms. The number of hydrogen-bond acceptors (Lipinski definition) is 7. The minimum absolute atomic E-state index is 0.0421. The van der Waals surface area contributed by atoms with Gasteiger partial charge in [-0.25, -0.2) is 9.97 Å². The number of anilines is 2. The van der Waals surface area contributed by atoms with Crippen LogP contribution in [0.5, 0.6) is 0 Å². The number of piperazine rings is 1. The zero-order chi connectivity index (χ0) is 23.3. The zero-order valence-electron chi connectivity index (χ0n) is 19.3. The number of hydrogen-bond donors (Lipinski definition) is 0. The van der Waals surface area contributed by atoms with E-state index in [2.05, 4.69) is 68.3 Å². The Labute approximate surface area is 200 Å². The Morgan fingerprint density at radius 2 is 1.21 bits per heavy atom. The zero-order valence-corrected chi connectivity index (χ0v) is 19.3. The van der Waals surface area contributed by atoms with Crippen LogP contribution in [-0.2, 0) is 0 Å². The lowest BCUT2D eigenvalue weighted by Gasteiger charge is -2.40. The van der Waals surface area contributed by atoms with E-state index >= 15 is 0 Å². The molecule has 0 aliphatic carbocycles. The summed E-state index contributed by atoms with van der Waals surface area (Å²) in [6.45, 7) is 4.53. The molecule has 2 fully saturated rings. The molecule has 2 saturated heterocycles. The molecule has 176 valence electrons. The lowest BCUT2D eigenvalue weighted by Crippen LogP contribution is -2.48. The van der Waals surface area contributed by atoms with Gasteiger partial charge in [0.25, 0.3) is 0 Å². The van der Waals surface area contributed by atoms with E-state index < -0.39 is 0 Å². The van der Waals surface area contributed by atoms with Crippen LogP contribution < -0.4 is 9.80 Å². The fraction of sp³-hybridized carbons (Fsp3) is 0.385. The minimum atomic E-state index is -0.303. The van der Waals surface area contributed by atoms with Crippen molar-refractivity contribution in [1.82, 2.24) is 14.9 Å². The van der Waals surface area contributed by atoms with Crippen molar-refractivity contribution in [3.05, 3.63) is 88.2 Å². The number of benzene rings is 2. The Morgan fingerprint density at radius 1 is 0.706 bits per heavy atom. The van der Waals surface area contributed by atoms with Crippen molar-refractivity contribution in [1.29, 1.82) is 0 Å². The molecular formula is C26H30N6O2. The van der Waals surface area contributed by atoms with Crippen LogP contribution in [0, 0.1) is 10.1 Å². The highest BCUT2D eigenvalue weighted by Crippen LogP contribution is 2.37. The molecule has 0 spiro atoms. The molecule has 8 heteroatoms. The van der Waals surface area contributed by atoms with Gasteiger partial charge in [0.1, 0.15) is 6.33 Å². The predicted octanol–water partition coefficient (Wildman–Crippen LogP) is 4.29. The summed E-state index contributed by atoms with van der Waals surface area (Å²) >= 11 is 0. The third-order valence-corrected chi connectivity index (χ3v) is 6.83. The number of piperidine rings is 1. The fourth-order valence-corrected chi connectivity index (χ4v) is 5.17. The van der Waals surface area contributed by atoms with Crippen LogP contribution in [0.2, 0.25) is 0 Å². The first kappa shape index (κ1) is 22.3. The van der Waals surface area contributed by atoms with Crippen LogP contribution in [-0.4, -0.2) is 59.1 Å². The van der Waals surface area contributed by atoms with E-state index in [1.807, 2.05) is 17.0 Å². The minimum Gasteiger partial charge on any atom is -0.351 e. The molecule has 3 heterocycles. The van der Waals surface area contributed by atoms with E-state index in [-0.39, 0.29) is 16.7 Å².